The van der Waals surface area contributed by atoms with E-state index < -0.39 is 0 Å². The number of pyridine rings is 1. The van der Waals surface area contributed by atoms with Crippen LogP contribution in [0.4, 0.5) is 0 Å². The Labute approximate surface area is 127 Å². The van der Waals surface area contributed by atoms with Gasteiger partial charge in [0, 0.05) is 25.1 Å². The third-order valence-electron chi connectivity index (χ3n) is 3.89. The van der Waals surface area contributed by atoms with Crippen molar-refractivity contribution in [1.29, 1.82) is 0 Å². The van der Waals surface area contributed by atoms with Crippen LogP contribution < -0.4 is 5.32 Å². The van der Waals surface area contributed by atoms with Crippen LogP contribution in [-0.2, 0) is 19.9 Å². The molecule has 0 saturated heterocycles. The topological polar surface area (TPSA) is 42.7 Å². The Morgan fingerprint density at radius 2 is 2.10 bits per heavy atom. The summed E-state index contributed by atoms with van der Waals surface area (Å²) in [7, 11) is 2.00. The van der Waals surface area contributed by atoms with E-state index in [1.54, 1.807) is 0 Å². The average molecular weight is 286 g/mol. The first-order chi connectivity index (χ1) is 10.3. The van der Waals surface area contributed by atoms with Crippen LogP contribution in [0, 0.1) is 0 Å². The van der Waals surface area contributed by atoms with E-state index in [-0.39, 0.29) is 0 Å². The number of rotatable bonds is 8. The van der Waals surface area contributed by atoms with Gasteiger partial charge in [0.15, 0.2) is 0 Å². The lowest BCUT2D eigenvalue weighted by Gasteiger charge is -2.20. The molecule has 1 unspecified atom stereocenters. The third-order valence-corrected chi connectivity index (χ3v) is 3.89. The molecule has 0 spiro atoms. The van der Waals surface area contributed by atoms with E-state index >= 15 is 0 Å². The summed E-state index contributed by atoms with van der Waals surface area (Å²) >= 11 is 0. The minimum atomic E-state index is 0.316. The molecule has 1 atom stereocenters. The van der Waals surface area contributed by atoms with Gasteiger partial charge in [0.1, 0.15) is 0 Å². The number of nitrogens with zero attached hydrogens (tertiary/aromatic N) is 3. The maximum absolute atomic E-state index is 4.64. The van der Waals surface area contributed by atoms with E-state index in [2.05, 4.69) is 41.4 Å². The number of aromatic nitrogens is 3. The Balaban J connectivity index is 2.12. The number of hydrogen-bond donors (Lipinski definition) is 1. The van der Waals surface area contributed by atoms with Gasteiger partial charge in [-0.25, -0.2) is 0 Å². The van der Waals surface area contributed by atoms with Crippen LogP contribution in [0.1, 0.15) is 49.7 Å². The molecule has 0 aliphatic rings. The fourth-order valence-corrected chi connectivity index (χ4v) is 2.66. The Kier molecular flexibility index (Phi) is 5.93. The number of hydrogen-bond acceptors (Lipinski definition) is 3. The monoisotopic (exact) mass is 286 g/mol. The summed E-state index contributed by atoms with van der Waals surface area (Å²) in [5, 5.41) is 7.89. The molecule has 0 radical (unpaired) electrons. The fraction of sp³-hybridized carbons (Fsp3) is 0.529. The molecule has 0 bridgehead atoms. The highest BCUT2D eigenvalue weighted by Crippen LogP contribution is 2.21. The maximum atomic E-state index is 4.64. The molecule has 1 N–H and O–H groups in total. The Morgan fingerprint density at radius 1 is 1.24 bits per heavy atom. The van der Waals surface area contributed by atoms with Crippen LogP contribution in [0.2, 0.25) is 0 Å². The largest absolute Gasteiger partial charge is 0.309 e. The van der Waals surface area contributed by atoms with Crippen LogP contribution in [0.15, 0.2) is 30.6 Å². The van der Waals surface area contributed by atoms with Crippen LogP contribution >= 0.6 is 0 Å². The fourth-order valence-electron chi connectivity index (χ4n) is 2.66. The summed E-state index contributed by atoms with van der Waals surface area (Å²) in [5.74, 6) is 0. The quantitative estimate of drug-likeness (QED) is 0.811. The van der Waals surface area contributed by atoms with Crippen LogP contribution in [0.3, 0.4) is 0 Å². The second kappa shape index (κ2) is 7.93. The van der Waals surface area contributed by atoms with Gasteiger partial charge in [0.05, 0.1) is 11.7 Å². The molecule has 4 nitrogen and oxygen atoms in total. The Hall–Kier alpha value is -1.68. The van der Waals surface area contributed by atoms with Gasteiger partial charge in [0.25, 0.3) is 0 Å². The van der Waals surface area contributed by atoms with Crippen molar-refractivity contribution in [3.8, 4) is 0 Å². The van der Waals surface area contributed by atoms with Crippen molar-refractivity contribution >= 4 is 0 Å². The first-order valence-electron chi connectivity index (χ1n) is 7.90. The smallest absolute Gasteiger partial charge is 0.0605 e. The first-order valence-corrected chi connectivity index (χ1v) is 7.90. The zero-order valence-corrected chi connectivity index (χ0v) is 13.3. The maximum Gasteiger partial charge on any atom is 0.0605 e. The lowest BCUT2D eigenvalue weighted by Crippen LogP contribution is -2.25. The summed E-state index contributed by atoms with van der Waals surface area (Å²) in [4.78, 5) is 4.64. The van der Waals surface area contributed by atoms with Crippen molar-refractivity contribution in [1.82, 2.24) is 20.1 Å². The molecule has 0 aliphatic heterocycles. The molecular formula is C17H26N4. The van der Waals surface area contributed by atoms with Gasteiger partial charge in [-0.15, -0.1) is 0 Å². The van der Waals surface area contributed by atoms with Crippen molar-refractivity contribution in [3.63, 3.8) is 0 Å². The van der Waals surface area contributed by atoms with Gasteiger partial charge in [-0.2, -0.15) is 5.10 Å². The van der Waals surface area contributed by atoms with E-state index in [1.165, 1.54) is 17.0 Å². The van der Waals surface area contributed by atoms with Crippen molar-refractivity contribution in [2.24, 2.45) is 7.05 Å². The highest BCUT2D eigenvalue weighted by atomic mass is 15.2. The molecule has 0 saturated carbocycles. The zero-order chi connectivity index (χ0) is 15.1. The molecule has 0 fully saturated rings. The average Bonchev–Trinajstić information content (AvgIpc) is 2.93. The van der Waals surface area contributed by atoms with E-state index in [4.69, 9.17) is 0 Å². The summed E-state index contributed by atoms with van der Waals surface area (Å²) < 4.78 is 1.95. The summed E-state index contributed by atoms with van der Waals surface area (Å²) in [6, 6.07) is 6.62. The highest BCUT2D eigenvalue weighted by Gasteiger charge is 2.16. The normalized spacial score (nSPS) is 12.5. The molecule has 21 heavy (non-hydrogen) atoms. The van der Waals surface area contributed by atoms with E-state index in [0.717, 1.165) is 32.2 Å². The van der Waals surface area contributed by atoms with E-state index in [9.17, 15) is 0 Å². The third kappa shape index (κ3) is 4.14. The highest BCUT2D eigenvalue weighted by molar-refractivity contribution is 5.23. The molecule has 2 aromatic heterocycles. The second-order valence-corrected chi connectivity index (χ2v) is 5.39. The molecule has 2 aromatic rings. The molecule has 2 heterocycles. The van der Waals surface area contributed by atoms with Gasteiger partial charge in [0.2, 0.25) is 0 Å². The molecule has 4 heteroatoms. The SMILES string of the molecule is CCCNC(CCc1ccnn1C)c1ncccc1CC. The Morgan fingerprint density at radius 3 is 2.76 bits per heavy atom. The van der Waals surface area contributed by atoms with Crippen molar-refractivity contribution < 1.29 is 0 Å². The summed E-state index contributed by atoms with van der Waals surface area (Å²) in [6.45, 7) is 5.42. The first kappa shape index (κ1) is 15.7. The van der Waals surface area contributed by atoms with E-state index in [1.807, 2.05) is 30.2 Å². The lowest BCUT2D eigenvalue weighted by molar-refractivity contribution is 0.478. The summed E-state index contributed by atoms with van der Waals surface area (Å²) in [6.07, 6.45) is 7.98. The zero-order valence-electron chi connectivity index (χ0n) is 13.3. The predicted molar refractivity (Wildman–Crippen MR) is 86.2 cm³/mol. The molecule has 114 valence electrons. The molecule has 2 rings (SSSR count). The van der Waals surface area contributed by atoms with Crippen molar-refractivity contribution in [2.45, 2.75) is 45.6 Å². The van der Waals surface area contributed by atoms with Gasteiger partial charge >= 0.3 is 0 Å². The van der Waals surface area contributed by atoms with Gasteiger partial charge in [-0.05, 0) is 49.9 Å². The standard InChI is InChI=1S/C17H26N4/c1-4-11-18-16(9-8-15-10-13-20-21(15)3)17-14(5-2)7-6-12-19-17/h6-7,10,12-13,16,18H,4-5,8-9,11H2,1-3H3. The Bertz CT molecular complexity index is 547. The minimum Gasteiger partial charge on any atom is -0.309 e. The number of nitrogens with one attached hydrogen (secondary N) is 1. The van der Waals surface area contributed by atoms with Crippen LogP contribution in [-0.4, -0.2) is 21.3 Å². The molecule has 0 aliphatic carbocycles. The van der Waals surface area contributed by atoms with Gasteiger partial charge in [-0.3, -0.25) is 9.67 Å². The molecule has 0 amide bonds. The van der Waals surface area contributed by atoms with Gasteiger partial charge < -0.3 is 5.32 Å². The molecule has 0 aromatic carbocycles. The van der Waals surface area contributed by atoms with Crippen LogP contribution in [0.5, 0.6) is 0 Å². The molecular weight excluding hydrogens is 260 g/mol. The van der Waals surface area contributed by atoms with E-state index in [0.29, 0.717) is 6.04 Å². The number of aryl methyl sites for hydroxylation is 3. The lowest BCUT2D eigenvalue weighted by atomic mass is 10.00. The van der Waals surface area contributed by atoms with Crippen molar-refractivity contribution in [2.75, 3.05) is 6.54 Å². The second-order valence-electron chi connectivity index (χ2n) is 5.39. The predicted octanol–water partition coefficient (Wildman–Crippen LogP) is 3.05. The minimum absolute atomic E-state index is 0.316. The van der Waals surface area contributed by atoms with Gasteiger partial charge in [-0.1, -0.05) is 19.9 Å². The summed E-state index contributed by atoms with van der Waals surface area (Å²) in [5.41, 5.74) is 3.82. The van der Waals surface area contributed by atoms with Crippen molar-refractivity contribution in [3.05, 3.63) is 47.5 Å². The van der Waals surface area contributed by atoms with Crippen LogP contribution in [0.25, 0.3) is 0 Å².